The van der Waals surface area contributed by atoms with Crippen molar-refractivity contribution in [3.63, 3.8) is 0 Å². The first-order chi connectivity index (χ1) is 9.33. The summed E-state index contributed by atoms with van der Waals surface area (Å²) >= 11 is 1.77. The van der Waals surface area contributed by atoms with Crippen LogP contribution in [0.5, 0.6) is 0 Å². The highest BCUT2D eigenvalue weighted by molar-refractivity contribution is 7.10. The van der Waals surface area contributed by atoms with Gasteiger partial charge in [-0.05, 0) is 12.5 Å². The van der Waals surface area contributed by atoms with Gasteiger partial charge in [-0.1, -0.05) is 18.8 Å². The van der Waals surface area contributed by atoms with Crippen molar-refractivity contribution in [2.75, 3.05) is 26.4 Å². The molecular formula is C15H21NO2S. The van der Waals surface area contributed by atoms with Gasteiger partial charge in [-0.15, -0.1) is 11.3 Å². The van der Waals surface area contributed by atoms with Crippen LogP contribution in [0, 0.1) is 11.8 Å². The second-order valence-electron chi connectivity index (χ2n) is 4.68. The minimum Gasteiger partial charge on any atom is -0.395 e. The Balaban J connectivity index is 1.93. The Morgan fingerprint density at radius 2 is 2.47 bits per heavy atom. The SMILES string of the molecule is CCC1COCCN1Cc1cc(C#CCCO)cs1. The van der Waals surface area contributed by atoms with Gasteiger partial charge < -0.3 is 9.84 Å². The average Bonchev–Trinajstić information content (AvgIpc) is 2.87. The molecule has 1 saturated heterocycles. The third-order valence-electron chi connectivity index (χ3n) is 3.30. The molecule has 2 rings (SSSR count). The molecule has 0 spiro atoms. The molecule has 2 heterocycles. The second kappa shape index (κ2) is 7.66. The summed E-state index contributed by atoms with van der Waals surface area (Å²) in [4.78, 5) is 3.86. The smallest absolute Gasteiger partial charge is 0.0622 e. The number of aliphatic hydroxyl groups is 1. The molecule has 19 heavy (non-hydrogen) atoms. The van der Waals surface area contributed by atoms with Crippen LogP contribution in [0.15, 0.2) is 11.4 Å². The quantitative estimate of drug-likeness (QED) is 0.857. The van der Waals surface area contributed by atoms with E-state index >= 15 is 0 Å². The summed E-state index contributed by atoms with van der Waals surface area (Å²) in [5.74, 6) is 6.05. The zero-order chi connectivity index (χ0) is 13.5. The number of ether oxygens (including phenoxy) is 1. The molecule has 0 radical (unpaired) electrons. The summed E-state index contributed by atoms with van der Waals surface area (Å²) in [5.41, 5.74) is 1.06. The van der Waals surface area contributed by atoms with E-state index in [4.69, 9.17) is 9.84 Å². The number of hydrogen-bond acceptors (Lipinski definition) is 4. The molecule has 0 saturated carbocycles. The van der Waals surface area contributed by atoms with E-state index in [1.807, 2.05) is 0 Å². The number of hydrogen-bond donors (Lipinski definition) is 1. The molecule has 1 aromatic rings. The van der Waals surface area contributed by atoms with Gasteiger partial charge in [0.05, 0.1) is 19.8 Å². The lowest BCUT2D eigenvalue weighted by Crippen LogP contribution is -2.44. The molecule has 1 aliphatic heterocycles. The van der Waals surface area contributed by atoms with Crippen molar-refractivity contribution in [1.82, 2.24) is 4.90 Å². The zero-order valence-corrected chi connectivity index (χ0v) is 12.2. The van der Waals surface area contributed by atoms with Gasteiger partial charge in [0.2, 0.25) is 0 Å². The van der Waals surface area contributed by atoms with E-state index in [-0.39, 0.29) is 6.61 Å². The third kappa shape index (κ3) is 4.32. The van der Waals surface area contributed by atoms with Crippen molar-refractivity contribution in [1.29, 1.82) is 0 Å². The Hall–Kier alpha value is -0.860. The molecule has 1 unspecified atom stereocenters. The van der Waals surface area contributed by atoms with E-state index in [9.17, 15) is 0 Å². The van der Waals surface area contributed by atoms with Crippen LogP contribution in [-0.2, 0) is 11.3 Å². The molecule has 3 nitrogen and oxygen atoms in total. The van der Waals surface area contributed by atoms with Crippen molar-refractivity contribution >= 4 is 11.3 Å². The number of morpholine rings is 1. The molecule has 1 aliphatic rings. The predicted octanol–water partition coefficient (Wildman–Crippen LogP) is 2.09. The first kappa shape index (κ1) is 14.5. The molecule has 0 aliphatic carbocycles. The van der Waals surface area contributed by atoms with Crippen LogP contribution >= 0.6 is 11.3 Å². The minimum absolute atomic E-state index is 0.135. The third-order valence-corrected chi connectivity index (χ3v) is 4.22. The largest absolute Gasteiger partial charge is 0.395 e. The van der Waals surface area contributed by atoms with Crippen LogP contribution in [0.1, 0.15) is 30.2 Å². The highest BCUT2D eigenvalue weighted by atomic mass is 32.1. The van der Waals surface area contributed by atoms with Crippen molar-refractivity contribution in [2.24, 2.45) is 0 Å². The fourth-order valence-corrected chi connectivity index (χ4v) is 3.06. The molecule has 104 valence electrons. The van der Waals surface area contributed by atoms with Crippen molar-refractivity contribution < 1.29 is 9.84 Å². The molecule has 0 bridgehead atoms. The molecular weight excluding hydrogens is 258 g/mol. The summed E-state index contributed by atoms with van der Waals surface area (Å²) in [6, 6.07) is 2.71. The van der Waals surface area contributed by atoms with Gasteiger partial charge in [-0.3, -0.25) is 4.90 Å². The minimum atomic E-state index is 0.135. The van der Waals surface area contributed by atoms with Crippen LogP contribution in [0.25, 0.3) is 0 Å². The summed E-state index contributed by atoms with van der Waals surface area (Å²) in [6.07, 6.45) is 1.68. The molecule has 1 aromatic heterocycles. The average molecular weight is 279 g/mol. The molecule has 4 heteroatoms. The summed E-state index contributed by atoms with van der Waals surface area (Å²) in [5, 5.41) is 10.8. The van der Waals surface area contributed by atoms with Gasteiger partial charge in [0, 0.05) is 41.4 Å². The Kier molecular flexibility index (Phi) is 5.87. The van der Waals surface area contributed by atoms with Gasteiger partial charge in [-0.2, -0.15) is 0 Å². The molecule has 1 N–H and O–H groups in total. The van der Waals surface area contributed by atoms with Crippen LogP contribution in [0.4, 0.5) is 0 Å². The highest BCUT2D eigenvalue weighted by Crippen LogP contribution is 2.20. The maximum Gasteiger partial charge on any atom is 0.0622 e. The zero-order valence-electron chi connectivity index (χ0n) is 11.4. The van der Waals surface area contributed by atoms with Gasteiger partial charge in [0.15, 0.2) is 0 Å². The van der Waals surface area contributed by atoms with Crippen LogP contribution < -0.4 is 0 Å². The van der Waals surface area contributed by atoms with Gasteiger partial charge in [0.25, 0.3) is 0 Å². The second-order valence-corrected chi connectivity index (χ2v) is 5.68. The lowest BCUT2D eigenvalue weighted by atomic mass is 10.1. The van der Waals surface area contributed by atoms with Gasteiger partial charge >= 0.3 is 0 Å². The number of thiophene rings is 1. The van der Waals surface area contributed by atoms with Crippen LogP contribution in [-0.4, -0.2) is 42.4 Å². The van der Waals surface area contributed by atoms with E-state index in [0.29, 0.717) is 12.5 Å². The first-order valence-corrected chi connectivity index (χ1v) is 7.70. The van der Waals surface area contributed by atoms with Crippen molar-refractivity contribution in [3.05, 3.63) is 21.9 Å². The van der Waals surface area contributed by atoms with E-state index in [0.717, 1.165) is 38.3 Å². The topological polar surface area (TPSA) is 32.7 Å². The Morgan fingerprint density at radius 1 is 1.58 bits per heavy atom. The number of rotatable bonds is 4. The van der Waals surface area contributed by atoms with Crippen molar-refractivity contribution in [2.45, 2.75) is 32.4 Å². The molecule has 0 amide bonds. The number of aliphatic hydroxyl groups excluding tert-OH is 1. The lowest BCUT2D eigenvalue weighted by molar-refractivity contribution is -0.0122. The number of nitrogens with zero attached hydrogens (tertiary/aromatic N) is 1. The summed E-state index contributed by atoms with van der Waals surface area (Å²) < 4.78 is 5.53. The standard InChI is InChI=1S/C15H21NO2S/c1-2-14-11-18-8-6-16(14)10-15-9-13(12-19-15)5-3-4-7-17/h9,12,14,17H,2,4,6-8,10-11H2,1H3. The van der Waals surface area contributed by atoms with E-state index in [1.165, 1.54) is 4.88 Å². The highest BCUT2D eigenvalue weighted by Gasteiger charge is 2.21. The van der Waals surface area contributed by atoms with E-state index in [2.05, 4.69) is 35.1 Å². The molecule has 0 aromatic carbocycles. The predicted molar refractivity (Wildman–Crippen MR) is 78.2 cm³/mol. The Labute approximate surface area is 119 Å². The summed E-state index contributed by atoms with van der Waals surface area (Å²) in [7, 11) is 0. The fraction of sp³-hybridized carbons (Fsp3) is 0.600. The normalized spacial score (nSPS) is 20.0. The van der Waals surface area contributed by atoms with Crippen LogP contribution in [0.3, 0.4) is 0 Å². The molecule has 1 fully saturated rings. The first-order valence-electron chi connectivity index (χ1n) is 6.82. The Morgan fingerprint density at radius 3 is 3.26 bits per heavy atom. The fourth-order valence-electron chi connectivity index (χ4n) is 2.22. The molecule has 1 atom stereocenters. The Bertz CT molecular complexity index is 446. The monoisotopic (exact) mass is 279 g/mol. The van der Waals surface area contributed by atoms with E-state index in [1.54, 1.807) is 11.3 Å². The lowest BCUT2D eigenvalue weighted by Gasteiger charge is -2.34. The van der Waals surface area contributed by atoms with Gasteiger partial charge in [0.1, 0.15) is 0 Å². The summed E-state index contributed by atoms with van der Waals surface area (Å²) in [6.45, 7) is 6.05. The maximum atomic E-state index is 8.70. The maximum absolute atomic E-state index is 8.70. The van der Waals surface area contributed by atoms with Crippen molar-refractivity contribution in [3.8, 4) is 11.8 Å². The van der Waals surface area contributed by atoms with Crippen LogP contribution in [0.2, 0.25) is 0 Å². The van der Waals surface area contributed by atoms with E-state index < -0.39 is 0 Å². The van der Waals surface area contributed by atoms with Gasteiger partial charge in [-0.25, -0.2) is 0 Å².